The van der Waals surface area contributed by atoms with Crippen LogP contribution in [0.4, 0.5) is 5.69 Å². The summed E-state index contributed by atoms with van der Waals surface area (Å²) in [5.41, 5.74) is 4.63. The van der Waals surface area contributed by atoms with Gasteiger partial charge in [0, 0.05) is 23.6 Å². The zero-order chi connectivity index (χ0) is 12.8. The summed E-state index contributed by atoms with van der Waals surface area (Å²) in [4.78, 5) is 12.0. The van der Waals surface area contributed by atoms with Gasteiger partial charge in [0.2, 0.25) is 0 Å². The lowest BCUT2D eigenvalue weighted by Crippen LogP contribution is -2.18. The number of nitrogens with one attached hydrogen (secondary N) is 1. The van der Waals surface area contributed by atoms with Crippen molar-refractivity contribution in [2.24, 2.45) is 0 Å². The molecule has 1 aliphatic carbocycles. The summed E-state index contributed by atoms with van der Waals surface area (Å²) in [7, 11) is 0. The predicted octanol–water partition coefficient (Wildman–Crippen LogP) is 3.91. The van der Waals surface area contributed by atoms with Crippen molar-refractivity contribution in [1.29, 1.82) is 0 Å². The van der Waals surface area contributed by atoms with E-state index in [0.717, 1.165) is 17.7 Å². The van der Waals surface area contributed by atoms with Crippen molar-refractivity contribution in [3.8, 4) is 0 Å². The first-order chi connectivity index (χ1) is 9.34. The minimum atomic E-state index is 0.295. The lowest BCUT2D eigenvalue weighted by Gasteiger charge is -2.24. The highest BCUT2D eigenvalue weighted by Crippen LogP contribution is 2.50. The summed E-state index contributed by atoms with van der Waals surface area (Å²) in [5, 5.41) is 3.60. The van der Waals surface area contributed by atoms with Crippen LogP contribution >= 0.6 is 0 Å². The number of benzene rings is 2. The van der Waals surface area contributed by atoms with Crippen molar-refractivity contribution >= 4 is 11.5 Å². The van der Waals surface area contributed by atoms with Gasteiger partial charge in [0.05, 0.1) is 6.04 Å². The minimum absolute atomic E-state index is 0.295. The molecule has 2 aromatic carbocycles. The van der Waals surface area contributed by atoms with Crippen molar-refractivity contribution in [1.82, 2.24) is 0 Å². The van der Waals surface area contributed by atoms with Crippen LogP contribution in [0.2, 0.25) is 0 Å². The Morgan fingerprint density at radius 1 is 1.00 bits per heavy atom. The molecule has 0 amide bonds. The Bertz CT molecular complexity index is 648. The van der Waals surface area contributed by atoms with Crippen molar-refractivity contribution in [3.63, 3.8) is 0 Å². The first-order valence-corrected chi connectivity index (χ1v) is 6.82. The lowest BCUT2D eigenvalue weighted by molar-refractivity contribution is 0.0966. The van der Waals surface area contributed by atoms with E-state index in [1.54, 1.807) is 0 Å². The maximum absolute atomic E-state index is 12.0. The van der Waals surface area contributed by atoms with E-state index in [1.165, 1.54) is 11.1 Å². The highest BCUT2D eigenvalue weighted by Gasteiger charge is 2.38. The Morgan fingerprint density at radius 3 is 2.68 bits per heavy atom. The molecule has 1 N–H and O–H groups in total. The molecule has 0 aromatic heterocycles. The Balaban J connectivity index is 1.84. The summed E-state index contributed by atoms with van der Waals surface area (Å²) in [6, 6.07) is 16.9. The van der Waals surface area contributed by atoms with Crippen LogP contribution < -0.4 is 5.32 Å². The lowest BCUT2D eigenvalue weighted by atomic mass is 9.78. The molecule has 4 rings (SSSR count). The van der Waals surface area contributed by atoms with E-state index >= 15 is 0 Å². The van der Waals surface area contributed by atoms with E-state index in [4.69, 9.17) is 0 Å². The van der Waals surface area contributed by atoms with E-state index in [-0.39, 0.29) is 0 Å². The monoisotopic (exact) mass is 249 g/mol. The second kappa shape index (κ2) is 3.95. The number of carbonyl (C=O) groups is 1. The molecule has 0 saturated carbocycles. The number of carbonyl (C=O) groups excluding carboxylic acids is 1. The standard InChI is InChI=1S/C17H15NO/c19-15-10-9-13-16-12(15)7-4-8-14(16)18-17(13)11-5-2-1-3-6-11/h1-8,13,17-18H,9-10H2. The molecule has 1 heterocycles. The first-order valence-electron chi connectivity index (χ1n) is 6.82. The van der Waals surface area contributed by atoms with Crippen molar-refractivity contribution in [2.45, 2.75) is 24.8 Å². The van der Waals surface area contributed by atoms with Gasteiger partial charge < -0.3 is 5.32 Å². The van der Waals surface area contributed by atoms with Gasteiger partial charge in [-0.3, -0.25) is 4.79 Å². The molecule has 2 aromatic rings. The van der Waals surface area contributed by atoms with Gasteiger partial charge in [-0.25, -0.2) is 0 Å². The van der Waals surface area contributed by atoms with Crippen LogP contribution in [-0.4, -0.2) is 5.78 Å². The molecular weight excluding hydrogens is 234 g/mol. The summed E-state index contributed by atoms with van der Waals surface area (Å²) in [5.74, 6) is 0.731. The molecule has 0 spiro atoms. The molecular formula is C17H15NO. The van der Waals surface area contributed by atoms with Gasteiger partial charge in [0.15, 0.2) is 5.78 Å². The average molecular weight is 249 g/mol. The fraction of sp³-hybridized carbons (Fsp3) is 0.235. The summed E-state index contributed by atoms with van der Waals surface area (Å²) < 4.78 is 0. The smallest absolute Gasteiger partial charge is 0.163 e. The molecule has 2 aliphatic rings. The quantitative estimate of drug-likeness (QED) is 0.830. The molecule has 2 heteroatoms. The van der Waals surface area contributed by atoms with Gasteiger partial charge in [-0.05, 0) is 23.6 Å². The summed E-state index contributed by atoms with van der Waals surface area (Å²) in [6.45, 7) is 0. The van der Waals surface area contributed by atoms with Gasteiger partial charge in [0.25, 0.3) is 0 Å². The SMILES string of the molecule is O=C1CCC2c3c(cccc31)NC2c1ccccc1. The fourth-order valence-electron chi connectivity index (χ4n) is 3.48. The zero-order valence-electron chi connectivity index (χ0n) is 10.6. The number of anilines is 1. The largest absolute Gasteiger partial charge is 0.377 e. The molecule has 0 bridgehead atoms. The molecule has 2 unspecified atom stereocenters. The highest BCUT2D eigenvalue weighted by molar-refractivity contribution is 6.01. The normalized spacial score (nSPS) is 23.9. The Kier molecular flexibility index (Phi) is 2.25. The topological polar surface area (TPSA) is 29.1 Å². The maximum atomic E-state index is 12.0. The van der Waals surface area contributed by atoms with Crippen LogP contribution in [0, 0.1) is 0 Å². The summed E-state index contributed by atoms with van der Waals surface area (Å²) >= 11 is 0. The molecule has 2 atom stereocenters. The summed E-state index contributed by atoms with van der Waals surface area (Å²) in [6.07, 6.45) is 1.63. The van der Waals surface area contributed by atoms with E-state index in [2.05, 4.69) is 35.6 Å². The van der Waals surface area contributed by atoms with Crippen molar-refractivity contribution in [3.05, 3.63) is 65.2 Å². The molecule has 1 aliphatic heterocycles. The maximum Gasteiger partial charge on any atom is 0.163 e. The van der Waals surface area contributed by atoms with E-state index < -0.39 is 0 Å². The van der Waals surface area contributed by atoms with Crippen LogP contribution in [0.1, 0.15) is 46.3 Å². The van der Waals surface area contributed by atoms with Crippen LogP contribution in [-0.2, 0) is 0 Å². The number of ketones is 1. The van der Waals surface area contributed by atoms with Crippen LogP contribution in [0.15, 0.2) is 48.5 Å². The second-order valence-corrected chi connectivity index (χ2v) is 5.37. The van der Waals surface area contributed by atoms with Crippen molar-refractivity contribution in [2.75, 3.05) is 5.32 Å². The molecule has 0 fully saturated rings. The Labute approximate surface area is 112 Å². The molecule has 0 saturated heterocycles. The Morgan fingerprint density at radius 2 is 1.84 bits per heavy atom. The molecule has 0 radical (unpaired) electrons. The molecule has 94 valence electrons. The van der Waals surface area contributed by atoms with E-state index in [1.807, 2.05) is 18.2 Å². The fourth-order valence-corrected chi connectivity index (χ4v) is 3.48. The number of hydrogen-bond donors (Lipinski definition) is 1. The second-order valence-electron chi connectivity index (χ2n) is 5.37. The van der Waals surface area contributed by atoms with Gasteiger partial charge in [-0.1, -0.05) is 42.5 Å². The van der Waals surface area contributed by atoms with Crippen LogP contribution in [0.5, 0.6) is 0 Å². The van der Waals surface area contributed by atoms with Gasteiger partial charge in [-0.2, -0.15) is 0 Å². The third kappa shape index (κ3) is 1.53. The van der Waals surface area contributed by atoms with E-state index in [9.17, 15) is 4.79 Å². The third-order valence-electron chi connectivity index (χ3n) is 4.33. The van der Waals surface area contributed by atoms with Gasteiger partial charge >= 0.3 is 0 Å². The molecule has 19 heavy (non-hydrogen) atoms. The third-order valence-corrected chi connectivity index (χ3v) is 4.33. The minimum Gasteiger partial charge on any atom is -0.377 e. The number of rotatable bonds is 1. The zero-order valence-corrected chi connectivity index (χ0v) is 10.6. The van der Waals surface area contributed by atoms with E-state index in [0.29, 0.717) is 24.2 Å². The van der Waals surface area contributed by atoms with Crippen LogP contribution in [0.3, 0.4) is 0 Å². The number of Topliss-reactive ketones (excluding diaryl/α,β-unsaturated/α-hetero) is 1. The number of hydrogen-bond acceptors (Lipinski definition) is 2. The van der Waals surface area contributed by atoms with Gasteiger partial charge in [-0.15, -0.1) is 0 Å². The average Bonchev–Trinajstić information content (AvgIpc) is 2.84. The highest BCUT2D eigenvalue weighted by atomic mass is 16.1. The van der Waals surface area contributed by atoms with Crippen LogP contribution in [0.25, 0.3) is 0 Å². The first kappa shape index (κ1) is 10.8. The predicted molar refractivity (Wildman–Crippen MR) is 75.6 cm³/mol. The Hall–Kier alpha value is -2.09. The van der Waals surface area contributed by atoms with Crippen molar-refractivity contribution < 1.29 is 4.79 Å². The van der Waals surface area contributed by atoms with Gasteiger partial charge in [0.1, 0.15) is 0 Å². The molecule has 2 nitrogen and oxygen atoms in total.